The Morgan fingerprint density at radius 3 is 2.46 bits per heavy atom. The first kappa shape index (κ1) is 12.1. The van der Waals surface area contributed by atoms with Crippen LogP contribution in [0.15, 0.2) is 11.8 Å². The second-order valence-corrected chi connectivity index (χ2v) is 3.74. The molecule has 2 N–H and O–H groups in total. The van der Waals surface area contributed by atoms with E-state index in [0.717, 1.165) is 13.0 Å². The number of aliphatic carboxylic acids is 1. The average Bonchev–Trinajstić information content (AvgIpc) is 2.00. The molecule has 0 aliphatic heterocycles. The molecule has 0 aliphatic carbocycles. The zero-order chi connectivity index (χ0) is 10.5. The molecule has 13 heavy (non-hydrogen) atoms. The maximum atomic E-state index is 10.4. The van der Waals surface area contributed by atoms with Crippen molar-refractivity contribution in [2.24, 2.45) is 5.73 Å². The predicted molar refractivity (Wildman–Crippen MR) is 49.4 cm³/mol. The largest absolute Gasteiger partial charge is 0.545 e. The summed E-state index contributed by atoms with van der Waals surface area (Å²) in [5, 5.41) is 10.4. The number of nitrogens with zero attached hydrogens (tertiary/aromatic N) is 1. The van der Waals surface area contributed by atoms with Gasteiger partial charge in [0.05, 0.1) is 26.6 Å². The van der Waals surface area contributed by atoms with Crippen LogP contribution >= 0.6 is 0 Å². The van der Waals surface area contributed by atoms with Gasteiger partial charge in [0.2, 0.25) is 0 Å². The quantitative estimate of drug-likeness (QED) is 0.445. The average molecular weight is 186 g/mol. The standard InChI is InChI=1S/C9H18N2O2/c1-8(9(12)13)7-11(2,3)6-4-5-10/h7H,4-6,10H2,1-3H3. The number of carbonyl (C=O) groups excluding carboxylic acids is 1. The Kier molecular flexibility index (Phi) is 4.66. The number of hydrogen-bond donors (Lipinski definition) is 1. The molecule has 0 saturated heterocycles. The van der Waals surface area contributed by atoms with Crippen LogP contribution in [0.2, 0.25) is 0 Å². The molecule has 0 aromatic carbocycles. The van der Waals surface area contributed by atoms with Crippen molar-refractivity contribution >= 4 is 5.97 Å². The van der Waals surface area contributed by atoms with Crippen molar-refractivity contribution in [2.45, 2.75) is 13.3 Å². The third-order valence-electron chi connectivity index (χ3n) is 1.80. The number of carbonyl (C=O) groups is 1. The van der Waals surface area contributed by atoms with Gasteiger partial charge in [-0.25, -0.2) is 0 Å². The van der Waals surface area contributed by atoms with Crippen molar-refractivity contribution < 1.29 is 14.4 Å². The van der Waals surface area contributed by atoms with Gasteiger partial charge in [-0.3, -0.25) is 0 Å². The molecule has 0 aromatic rings. The van der Waals surface area contributed by atoms with Crippen molar-refractivity contribution in [1.29, 1.82) is 0 Å². The SMILES string of the molecule is CC(=C[N+](C)(C)CCCN)C(=O)[O-]. The number of hydrogen-bond acceptors (Lipinski definition) is 3. The lowest BCUT2D eigenvalue weighted by atomic mass is 10.3. The molecule has 0 radical (unpaired) electrons. The molecule has 0 aliphatic rings. The van der Waals surface area contributed by atoms with E-state index in [9.17, 15) is 9.90 Å². The fourth-order valence-corrected chi connectivity index (χ4v) is 1.14. The summed E-state index contributed by atoms with van der Waals surface area (Å²) in [6.07, 6.45) is 2.55. The van der Waals surface area contributed by atoms with E-state index in [0.29, 0.717) is 11.0 Å². The molecular formula is C9H18N2O2. The van der Waals surface area contributed by atoms with Crippen LogP contribution in [-0.4, -0.2) is 37.6 Å². The van der Waals surface area contributed by atoms with E-state index in [1.54, 1.807) is 6.20 Å². The minimum absolute atomic E-state index is 0.266. The third-order valence-corrected chi connectivity index (χ3v) is 1.80. The van der Waals surface area contributed by atoms with Gasteiger partial charge in [-0.1, -0.05) is 0 Å². The van der Waals surface area contributed by atoms with E-state index in [2.05, 4.69) is 0 Å². The topological polar surface area (TPSA) is 66.2 Å². The van der Waals surface area contributed by atoms with E-state index in [4.69, 9.17) is 5.73 Å². The summed E-state index contributed by atoms with van der Waals surface area (Å²) in [5.41, 5.74) is 5.63. The summed E-state index contributed by atoms with van der Waals surface area (Å²) in [5.74, 6) is -1.11. The highest BCUT2D eigenvalue weighted by atomic mass is 16.4. The van der Waals surface area contributed by atoms with Crippen LogP contribution in [0.3, 0.4) is 0 Å². The lowest BCUT2D eigenvalue weighted by Gasteiger charge is -2.25. The molecule has 0 amide bonds. The van der Waals surface area contributed by atoms with Crippen LogP contribution in [0.25, 0.3) is 0 Å². The van der Waals surface area contributed by atoms with Gasteiger partial charge < -0.3 is 20.1 Å². The number of quaternary nitrogens is 1. The summed E-state index contributed by atoms with van der Waals surface area (Å²) in [4.78, 5) is 10.4. The maximum Gasteiger partial charge on any atom is 0.100 e. The van der Waals surface area contributed by atoms with Crippen LogP contribution in [0.1, 0.15) is 13.3 Å². The first-order valence-electron chi connectivity index (χ1n) is 4.32. The number of carboxylic acids is 1. The highest BCUT2D eigenvalue weighted by Gasteiger charge is 2.11. The molecule has 0 heterocycles. The second kappa shape index (κ2) is 4.99. The van der Waals surface area contributed by atoms with Gasteiger partial charge in [-0.15, -0.1) is 0 Å². The molecule has 0 saturated carbocycles. The lowest BCUT2D eigenvalue weighted by molar-refractivity contribution is -0.839. The third kappa shape index (κ3) is 5.38. The Bertz CT molecular complexity index is 210. The highest BCUT2D eigenvalue weighted by Crippen LogP contribution is 2.04. The molecule has 4 heteroatoms. The summed E-state index contributed by atoms with van der Waals surface area (Å²) >= 11 is 0. The van der Waals surface area contributed by atoms with Gasteiger partial charge in [-0.2, -0.15) is 0 Å². The first-order valence-corrected chi connectivity index (χ1v) is 4.32. The molecule has 4 nitrogen and oxygen atoms in total. The molecule has 0 atom stereocenters. The summed E-state index contributed by atoms with van der Waals surface area (Å²) in [6, 6.07) is 0. The fourth-order valence-electron chi connectivity index (χ4n) is 1.14. The van der Waals surface area contributed by atoms with Crippen LogP contribution < -0.4 is 10.8 Å². The van der Waals surface area contributed by atoms with Crippen molar-refractivity contribution in [3.05, 3.63) is 11.8 Å². The van der Waals surface area contributed by atoms with Gasteiger partial charge >= 0.3 is 0 Å². The highest BCUT2D eigenvalue weighted by molar-refractivity contribution is 5.83. The van der Waals surface area contributed by atoms with Crippen molar-refractivity contribution in [3.8, 4) is 0 Å². The Morgan fingerprint density at radius 2 is 2.08 bits per heavy atom. The normalized spacial score (nSPS) is 13.1. The van der Waals surface area contributed by atoms with Gasteiger partial charge in [0.25, 0.3) is 0 Å². The van der Waals surface area contributed by atoms with Gasteiger partial charge in [0.15, 0.2) is 0 Å². The Labute approximate surface area is 79.2 Å². The minimum Gasteiger partial charge on any atom is -0.545 e. The van der Waals surface area contributed by atoms with Crippen LogP contribution in [0.5, 0.6) is 0 Å². The zero-order valence-electron chi connectivity index (χ0n) is 8.54. The van der Waals surface area contributed by atoms with Crippen molar-refractivity contribution in [3.63, 3.8) is 0 Å². The zero-order valence-corrected chi connectivity index (χ0v) is 8.54. The van der Waals surface area contributed by atoms with Crippen molar-refractivity contribution in [1.82, 2.24) is 0 Å². The van der Waals surface area contributed by atoms with Crippen LogP contribution in [0, 0.1) is 0 Å². The molecular weight excluding hydrogens is 168 g/mol. The number of carboxylic acid groups (broad SMARTS) is 1. The van der Waals surface area contributed by atoms with E-state index in [-0.39, 0.29) is 5.57 Å². The number of rotatable bonds is 5. The smallest absolute Gasteiger partial charge is 0.100 e. The Hall–Kier alpha value is -0.870. The Morgan fingerprint density at radius 1 is 1.54 bits per heavy atom. The molecule has 0 rings (SSSR count). The van der Waals surface area contributed by atoms with E-state index in [1.165, 1.54) is 6.92 Å². The van der Waals surface area contributed by atoms with Gasteiger partial charge in [-0.05, 0) is 13.5 Å². The summed E-state index contributed by atoms with van der Waals surface area (Å²) < 4.78 is 0.525. The van der Waals surface area contributed by atoms with Gasteiger partial charge in [0.1, 0.15) is 6.20 Å². The van der Waals surface area contributed by atoms with Crippen LogP contribution in [0.4, 0.5) is 0 Å². The summed E-state index contributed by atoms with van der Waals surface area (Å²) in [6.45, 7) is 3.00. The molecule has 0 bridgehead atoms. The summed E-state index contributed by atoms with van der Waals surface area (Å²) in [7, 11) is 3.87. The van der Waals surface area contributed by atoms with Crippen LogP contribution in [-0.2, 0) is 4.79 Å². The fraction of sp³-hybridized carbons (Fsp3) is 0.667. The predicted octanol–water partition coefficient (Wildman–Crippen LogP) is -0.935. The molecule has 0 aromatic heterocycles. The van der Waals surface area contributed by atoms with Crippen molar-refractivity contribution in [2.75, 3.05) is 27.2 Å². The van der Waals surface area contributed by atoms with E-state index >= 15 is 0 Å². The monoisotopic (exact) mass is 186 g/mol. The van der Waals surface area contributed by atoms with E-state index < -0.39 is 5.97 Å². The maximum absolute atomic E-state index is 10.4. The molecule has 0 fully saturated rings. The minimum atomic E-state index is -1.11. The van der Waals surface area contributed by atoms with E-state index in [1.807, 2.05) is 14.1 Å². The second-order valence-electron chi connectivity index (χ2n) is 3.74. The molecule has 0 unspecified atom stereocenters. The number of nitrogens with two attached hydrogens (primary N) is 1. The Balaban J connectivity index is 4.29. The molecule has 76 valence electrons. The first-order chi connectivity index (χ1) is 5.89. The lowest BCUT2D eigenvalue weighted by Crippen LogP contribution is -2.37. The molecule has 0 spiro atoms. The van der Waals surface area contributed by atoms with Gasteiger partial charge in [0, 0.05) is 12.0 Å².